The lowest BCUT2D eigenvalue weighted by atomic mass is 9.59. The molecule has 4 atom stereocenters. The molecule has 4 nitrogen and oxygen atoms in total. The van der Waals surface area contributed by atoms with Gasteiger partial charge in [0.15, 0.2) is 5.78 Å². The largest absolute Gasteiger partial charge is 0.297 e. The van der Waals surface area contributed by atoms with E-state index in [-0.39, 0.29) is 17.6 Å². The van der Waals surface area contributed by atoms with Gasteiger partial charge in [-0.1, -0.05) is 133 Å². The molecule has 1 saturated carbocycles. The van der Waals surface area contributed by atoms with Crippen molar-refractivity contribution < 1.29 is 14.4 Å². The molecule has 44 heavy (non-hydrogen) atoms. The summed E-state index contributed by atoms with van der Waals surface area (Å²) in [6.07, 6.45) is 0. The molecule has 2 fully saturated rings. The van der Waals surface area contributed by atoms with Gasteiger partial charge >= 0.3 is 0 Å². The average molecular weight is 637 g/mol. The number of nitrogens with zero attached hydrogens (tertiary/aromatic N) is 1. The number of para-hydroxylation sites is 1. The normalized spacial score (nSPS) is 25.6. The van der Waals surface area contributed by atoms with Gasteiger partial charge < -0.3 is 0 Å². The molecule has 8 rings (SSSR count). The Morgan fingerprint density at radius 2 is 0.841 bits per heavy atom. The van der Waals surface area contributed by atoms with Crippen LogP contribution >= 0.6 is 15.9 Å². The fraction of sp³-hybridized carbons (Fsp3) is 0.103. The van der Waals surface area contributed by atoms with Crippen molar-refractivity contribution in [2.45, 2.75) is 10.8 Å². The first-order chi connectivity index (χ1) is 21.5. The van der Waals surface area contributed by atoms with E-state index in [0.717, 1.165) is 33.4 Å². The number of fused-ring (bicyclic) bond motifs is 5. The first-order valence-corrected chi connectivity index (χ1v) is 15.5. The summed E-state index contributed by atoms with van der Waals surface area (Å²) in [7, 11) is 0. The van der Waals surface area contributed by atoms with Crippen molar-refractivity contribution in [1.29, 1.82) is 0 Å². The van der Waals surface area contributed by atoms with Crippen LogP contribution in [0, 0.1) is 11.8 Å². The van der Waals surface area contributed by atoms with Crippen molar-refractivity contribution in [1.82, 2.24) is 0 Å². The maximum absolute atomic E-state index is 15.8. The summed E-state index contributed by atoms with van der Waals surface area (Å²) in [6.45, 7) is 0. The molecule has 0 radical (unpaired) electrons. The Kier molecular flexibility index (Phi) is 5.97. The minimum atomic E-state index is -1.41. The molecule has 0 unspecified atom stereocenters. The predicted molar refractivity (Wildman–Crippen MR) is 175 cm³/mol. The number of carbonyl (C=O) groups excluding carboxylic acids is 3. The van der Waals surface area contributed by atoms with E-state index in [9.17, 15) is 9.59 Å². The van der Waals surface area contributed by atoms with Crippen LogP contribution in [-0.2, 0) is 25.2 Å². The maximum Gasteiger partial charge on any atom is 0.239 e. The number of allylic oxidation sites excluding steroid dienone is 2. The molecular formula is C39H26BrNO3. The van der Waals surface area contributed by atoms with E-state index >= 15 is 4.79 Å². The molecule has 5 aromatic carbocycles. The Morgan fingerprint density at radius 1 is 0.477 bits per heavy atom. The second-order valence-corrected chi connectivity index (χ2v) is 12.4. The van der Waals surface area contributed by atoms with E-state index in [1.807, 2.05) is 140 Å². The molecule has 5 aromatic rings. The number of amides is 2. The smallest absolute Gasteiger partial charge is 0.239 e. The first-order valence-electron chi connectivity index (χ1n) is 14.7. The summed E-state index contributed by atoms with van der Waals surface area (Å²) >= 11 is 3.59. The maximum atomic E-state index is 15.8. The number of hydrogen-bond donors (Lipinski definition) is 0. The minimum Gasteiger partial charge on any atom is -0.297 e. The van der Waals surface area contributed by atoms with E-state index in [1.165, 1.54) is 4.90 Å². The van der Waals surface area contributed by atoms with Gasteiger partial charge in [-0.2, -0.15) is 0 Å². The van der Waals surface area contributed by atoms with Crippen LogP contribution in [0.25, 0.3) is 11.1 Å². The van der Waals surface area contributed by atoms with Gasteiger partial charge in [0, 0.05) is 4.47 Å². The van der Waals surface area contributed by atoms with Crippen molar-refractivity contribution in [3.8, 4) is 0 Å². The van der Waals surface area contributed by atoms with Crippen LogP contribution in [0.2, 0.25) is 0 Å². The van der Waals surface area contributed by atoms with Crippen molar-refractivity contribution in [2.75, 3.05) is 4.90 Å². The average Bonchev–Trinajstić information content (AvgIpc) is 3.59. The molecule has 1 saturated heterocycles. The van der Waals surface area contributed by atoms with Crippen LogP contribution < -0.4 is 4.90 Å². The monoisotopic (exact) mass is 635 g/mol. The third kappa shape index (κ3) is 3.25. The topological polar surface area (TPSA) is 54.5 Å². The van der Waals surface area contributed by atoms with Crippen LogP contribution in [0.3, 0.4) is 0 Å². The summed E-state index contributed by atoms with van der Waals surface area (Å²) in [5.41, 5.74) is 2.42. The molecule has 212 valence electrons. The van der Waals surface area contributed by atoms with E-state index in [0.29, 0.717) is 10.2 Å². The Labute approximate surface area is 263 Å². The Morgan fingerprint density at radius 3 is 1.25 bits per heavy atom. The lowest BCUT2D eigenvalue weighted by Crippen LogP contribution is -2.45. The summed E-state index contributed by atoms with van der Waals surface area (Å²) < 4.78 is 0.641. The molecule has 1 aliphatic heterocycles. The van der Waals surface area contributed by atoms with Crippen LogP contribution in [-0.4, -0.2) is 17.6 Å². The van der Waals surface area contributed by atoms with Gasteiger partial charge in [-0.15, -0.1) is 0 Å². The Balaban J connectivity index is 1.57. The third-order valence-corrected chi connectivity index (χ3v) is 10.3. The zero-order valence-corrected chi connectivity index (χ0v) is 25.1. The fourth-order valence-electron chi connectivity index (χ4n) is 8.20. The summed E-state index contributed by atoms with van der Waals surface area (Å²) in [5.74, 6) is -2.73. The number of Topliss-reactive ketones (excluding diaryl/α,β-unsaturated/α-hetero) is 1. The van der Waals surface area contributed by atoms with Gasteiger partial charge in [-0.05, 0) is 61.5 Å². The van der Waals surface area contributed by atoms with Crippen LogP contribution in [0.4, 0.5) is 5.69 Å². The van der Waals surface area contributed by atoms with Gasteiger partial charge in [0.1, 0.15) is 0 Å². The molecule has 5 heteroatoms. The predicted octanol–water partition coefficient (Wildman–Crippen LogP) is 7.64. The zero-order chi connectivity index (χ0) is 30.1. The minimum absolute atomic E-state index is 0.122. The Bertz CT molecular complexity index is 1870. The molecule has 0 aromatic heterocycles. The van der Waals surface area contributed by atoms with Crippen LogP contribution in [0.15, 0.2) is 150 Å². The van der Waals surface area contributed by atoms with Gasteiger partial charge in [-0.3, -0.25) is 14.4 Å². The van der Waals surface area contributed by atoms with Crippen LogP contribution in [0.1, 0.15) is 22.3 Å². The summed E-state index contributed by atoms with van der Waals surface area (Å²) in [6, 6.07) is 46.3. The SMILES string of the molecule is O=C1[C@@H]2[C@H](C(=O)N1c1ccccc1Br)[C@@]1(c3ccccc3)C(=O)[C@@]2(c2ccccc2)C(c2ccccc2)=C1c1ccccc1. The van der Waals surface area contributed by atoms with Gasteiger partial charge in [0.25, 0.3) is 0 Å². The fourth-order valence-corrected chi connectivity index (χ4v) is 8.67. The number of hydrogen-bond acceptors (Lipinski definition) is 3. The number of anilines is 1. The zero-order valence-electron chi connectivity index (χ0n) is 23.6. The molecule has 1 heterocycles. The highest BCUT2D eigenvalue weighted by molar-refractivity contribution is 9.10. The number of rotatable bonds is 5. The van der Waals surface area contributed by atoms with Crippen molar-refractivity contribution in [2.24, 2.45) is 11.8 Å². The number of carbonyl (C=O) groups is 3. The standard InChI is InChI=1S/C39H26BrNO3/c40-29-23-13-14-24-30(29)41-35(42)33-34(36(41)43)39(28-21-11-4-12-22-28)32(26-17-7-2-8-18-26)31(25-15-5-1-6-16-25)38(33,37(39)44)27-19-9-3-10-20-27/h1-24,33-34H/t33-,34+,38-,39-/m0/s1. The first kappa shape index (κ1) is 26.7. The van der Waals surface area contributed by atoms with Gasteiger partial charge in [-0.25, -0.2) is 4.90 Å². The quantitative estimate of drug-likeness (QED) is 0.187. The highest BCUT2D eigenvalue weighted by Crippen LogP contribution is 2.74. The van der Waals surface area contributed by atoms with Crippen molar-refractivity contribution in [3.63, 3.8) is 0 Å². The third-order valence-electron chi connectivity index (χ3n) is 9.67. The molecule has 3 aliphatic rings. The highest BCUT2D eigenvalue weighted by atomic mass is 79.9. The number of imide groups is 1. The molecular weight excluding hydrogens is 610 g/mol. The van der Waals surface area contributed by atoms with Crippen molar-refractivity contribution >= 4 is 50.4 Å². The molecule has 0 N–H and O–H groups in total. The lowest BCUT2D eigenvalue weighted by molar-refractivity contribution is -0.130. The molecule has 2 bridgehead atoms. The van der Waals surface area contributed by atoms with E-state index in [4.69, 9.17) is 0 Å². The number of halogens is 1. The molecule has 2 aliphatic carbocycles. The van der Waals surface area contributed by atoms with Crippen LogP contribution in [0.5, 0.6) is 0 Å². The highest BCUT2D eigenvalue weighted by Gasteiger charge is 2.82. The Hall–Kier alpha value is -4.87. The van der Waals surface area contributed by atoms with Gasteiger partial charge in [0.05, 0.1) is 28.4 Å². The molecule has 2 amide bonds. The van der Waals surface area contributed by atoms with Gasteiger partial charge in [0.2, 0.25) is 11.8 Å². The van der Waals surface area contributed by atoms with Crippen molar-refractivity contribution in [3.05, 3.63) is 172 Å². The molecule has 0 spiro atoms. The lowest BCUT2D eigenvalue weighted by Gasteiger charge is -2.39. The number of benzene rings is 5. The van der Waals surface area contributed by atoms with E-state index in [2.05, 4.69) is 15.9 Å². The summed E-state index contributed by atoms with van der Waals surface area (Å²) in [4.78, 5) is 47.1. The van der Waals surface area contributed by atoms with E-state index in [1.54, 1.807) is 6.07 Å². The van der Waals surface area contributed by atoms with E-state index < -0.39 is 22.7 Å². The second-order valence-electron chi connectivity index (χ2n) is 11.6. The second kappa shape index (κ2) is 9.83. The number of ketones is 1. The summed E-state index contributed by atoms with van der Waals surface area (Å²) in [5, 5.41) is 0.